The number of nitrogens with one attached hydrogen (secondary N) is 1. The predicted molar refractivity (Wildman–Crippen MR) is 126 cm³/mol. The number of halogens is 1. The largest absolute Gasteiger partial charge is 0.351 e. The number of primary sulfonamides is 1. The van der Waals surface area contributed by atoms with E-state index in [0.29, 0.717) is 24.1 Å². The van der Waals surface area contributed by atoms with Crippen LogP contribution in [0.25, 0.3) is 11.2 Å². The Balaban J connectivity index is 1.77. The van der Waals surface area contributed by atoms with Crippen LogP contribution in [-0.2, 0) is 37.2 Å². The fraction of sp³-hybridized carbons (Fsp3) is 0.190. The first-order chi connectivity index (χ1) is 15.6. The molecule has 33 heavy (non-hydrogen) atoms. The van der Waals surface area contributed by atoms with E-state index in [-0.39, 0.29) is 16.1 Å². The van der Waals surface area contributed by atoms with Gasteiger partial charge in [0.2, 0.25) is 16.0 Å². The van der Waals surface area contributed by atoms with E-state index in [4.69, 9.17) is 16.7 Å². The second kappa shape index (κ2) is 8.50. The van der Waals surface area contributed by atoms with Crippen molar-refractivity contribution in [2.24, 2.45) is 19.2 Å². The van der Waals surface area contributed by atoms with Crippen LogP contribution >= 0.6 is 11.6 Å². The van der Waals surface area contributed by atoms with E-state index < -0.39 is 21.3 Å². The molecule has 0 aliphatic heterocycles. The Kier molecular flexibility index (Phi) is 5.87. The molecule has 3 N–H and O–H groups in total. The highest BCUT2D eigenvalue weighted by Gasteiger charge is 2.19. The van der Waals surface area contributed by atoms with Gasteiger partial charge in [-0.1, -0.05) is 35.9 Å². The van der Waals surface area contributed by atoms with Crippen LogP contribution in [0.5, 0.6) is 0 Å². The third kappa shape index (κ3) is 4.42. The normalized spacial score (nSPS) is 11.8. The lowest BCUT2D eigenvalue weighted by Crippen LogP contribution is -2.37. The summed E-state index contributed by atoms with van der Waals surface area (Å²) in [6.45, 7) is 0.608. The molecular formula is C21H21ClN6O4S. The number of aromatic nitrogens is 4. The standard InChI is InChI=1S/C21H21ClN6O4S/c1-26-18-17(19(29)27(2)21(26)30)28(12-14-3-7-15(22)8-4-14)20(25-18)24-11-13-5-9-16(10-6-13)33(23,31)32/h3-10H,11-12H2,1-2H3,(H,24,25)(H2,23,31,32). The highest BCUT2D eigenvalue weighted by Crippen LogP contribution is 2.20. The molecule has 0 bridgehead atoms. The van der Waals surface area contributed by atoms with Crippen LogP contribution in [0.1, 0.15) is 11.1 Å². The molecule has 0 unspecified atom stereocenters. The van der Waals surface area contributed by atoms with Crippen molar-refractivity contribution in [3.8, 4) is 0 Å². The molecule has 10 nitrogen and oxygen atoms in total. The number of hydrogen-bond acceptors (Lipinski definition) is 6. The molecule has 2 aromatic heterocycles. The van der Waals surface area contributed by atoms with E-state index in [2.05, 4.69) is 10.3 Å². The Morgan fingerprint density at radius 3 is 2.18 bits per heavy atom. The van der Waals surface area contributed by atoms with Crippen LogP contribution in [-0.4, -0.2) is 27.1 Å². The number of benzene rings is 2. The number of nitrogens with zero attached hydrogens (tertiary/aromatic N) is 4. The highest BCUT2D eigenvalue weighted by molar-refractivity contribution is 7.89. The van der Waals surface area contributed by atoms with Gasteiger partial charge in [-0.15, -0.1) is 0 Å². The summed E-state index contributed by atoms with van der Waals surface area (Å²) in [6, 6.07) is 13.3. The van der Waals surface area contributed by atoms with Gasteiger partial charge in [0.1, 0.15) is 0 Å². The molecule has 2 aromatic carbocycles. The lowest BCUT2D eigenvalue weighted by molar-refractivity contribution is 0.598. The minimum absolute atomic E-state index is 0.0136. The average Bonchev–Trinajstić information content (AvgIpc) is 3.14. The molecule has 12 heteroatoms. The highest BCUT2D eigenvalue weighted by atomic mass is 35.5. The topological polar surface area (TPSA) is 134 Å². The maximum Gasteiger partial charge on any atom is 0.332 e. The molecule has 0 aliphatic carbocycles. The van der Waals surface area contributed by atoms with Crippen molar-refractivity contribution in [1.82, 2.24) is 18.7 Å². The Labute approximate surface area is 193 Å². The molecule has 4 rings (SSSR count). The molecule has 172 valence electrons. The number of fused-ring (bicyclic) bond motifs is 1. The second-order valence-corrected chi connectivity index (χ2v) is 9.57. The lowest BCUT2D eigenvalue weighted by Gasteiger charge is -2.11. The van der Waals surface area contributed by atoms with Crippen molar-refractivity contribution in [2.45, 2.75) is 18.0 Å². The summed E-state index contributed by atoms with van der Waals surface area (Å²) in [7, 11) is -0.806. The number of hydrogen-bond donors (Lipinski definition) is 2. The zero-order chi connectivity index (χ0) is 23.9. The Morgan fingerprint density at radius 2 is 1.58 bits per heavy atom. The van der Waals surface area contributed by atoms with Crippen LogP contribution in [0.4, 0.5) is 5.95 Å². The molecule has 0 aliphatic rings. The number of imidazole rings is 1. The van der Waals surface area contributed by atoms with Crippen LogP contribution in [0, 0.1) is 0 Å². The van der Waals surface area contributed by atoms with Crippen molar-refractivity contribution in [2.75, 3.05) is 5.32 Å². The number of nitrogens with two attached hydrogens (primary N) is 1. The molecule has 0 fully saturated rings. The molecule has 0 atom stereocenters. The molecular weight excluding hydrogens is 468 g/mol. The first-order valence-corrected chi connectivity index (χ1v) is 11.7. The van der Waals surface area contributed by atoms with E-state index in [1.54, 1.807) is 35.9 Å². The fourth-order valence-electron chi connectivity index (χ4n) is 3.49. The van der Waals surface area contributed by atoms with E-state index in [1.807, 2.05) is 12.1 Å². The third-order valence-electron chi connectivity index (χ3n) is 5.30. The molecule has 0 saturated carbocycles. The molecule has 0 spiro atoms. The zero-order valence-electron chi connectivity index (χ0n) is 17.8. The van der Waals surface area contributed by atoms with E-state index in [9.17, 15) is 18.0 Å². The maximum atomic E-state index is 13.0. The van der Waals surface area contributed by atoms with Crippen LogP contribution < -0.4 is 21.7 Å². The molecule has 0 saturated heterocycles. The van der Waals surface area contributed by atoms with Gasteiger partial charge in [0.15, 0.2) is 11.2 Å². The molecule has 0 amide bonds. The van der Waals surface area contributed by atoms with E-state index >= 15 is 0 Å². The minimum Gasteiger partial charge on any atom is -0.351 e. The first kappa shape index (κ1) is 22.8. The smallest absolute Gasteiger partial charge is 0.332 e. The minimum atomic E-state index is -3.78. The summed E-state index contributed by atoms with van der Waals surface area (Å²) >= 11 is 5.99. The second-order valence-electron chi connectivity index (χ2n) is 7.57. The van der Waals surface area contributed by atoms with Gasteiger partial charge in [-0.3, -0.25) is 18.5 Å². The van der Waals surface area contributed by atoms with Gasteiger partial charge in [0.05, 0.1) is 11.4 Å². The third-order valence-corrected chi connectivity index (χ3v) is 6.49. The lowest BCUT2D eigenvalue weighted by atomic mass is 10.2. The summed E-state index contributed by atoms with van der Waals surface area (Å²) in [5.41, 5.74) is 1.25. The van der Waals surface area contributed by atoms with Gasteiger partial charge in [-0.05, 0) is 35.4 Å². The Morgan fingerprint density at radius 1 is 0.970 bits per heavy atom. The number of anilines is 1. The predicted octanol–water partition coefficient (Wildman–Crippen LogP) is 1.39. The summed E-state index contributed by atoms with van der Waals surface area (Å²) in [5, 5.41) is 8.92. The van der Waals surface area contributed by atoms with Crippen molar-refractivity contribution < 1.29 is 8.42 Å². The average molecular weight is 489 g/mol. The Bertz CT molecular complexity index is 1570. The van der Waals surface area contributed by atoms with Gasteiger partial charge < -0.3 is 5.32 Å². The van der Waals surface area contributed by atoms with Gasteiger partial charge >= 0.3 is 5.69 Å². The fourth-order valence-corrected chi connectivity index (χ4v) is 4.13. The Hall–Kier alpha value is -3.41. The quantitative estimate of drug-likeness (QED) is 0.421. The van der Waals surface area contributed by atoms with Crippen molar-refractivity contribution >= 4 is 38.7 Å². The van der Waals surface area contributed by atoms with Crippen molar-refractivity contribution in [1.29, 1.82) is 0 Å². The van der Waals surface area contributed by atoms with Crippen LogP contribution in [0.15, 0.2) is 63.0 Å². The monoisotopic (exact) mass is 488 g/mol. The number of sulfonamides is 1. The first-order valence-electron chi connectivity index (χ1n) is 9.82. The van der Waals surface area contributed by atoms with Gasteiger partial charge in [-0.25, -0.2) is 18.4 Å². The van der Waals surface area contributed by atoms with Gasteiger partial charge in [0, 0.05) is 25.7 Å². The van der Waals surface area contributed by atoms with Crippen molar-refractivity contribution in [3.05, 3.63) is 85.5 Å². The zero-order valence-corrected chi connectivity index (χ0v) is 19.4. The van der Waals surface area contributed by atoms with Gasteiger partial charge in [0.25, 0.3) is 5.56 Å². The molecule has 2 heterocycles. The molecule has 4 aromatic rings. The van der Waals surface area contributed by atoms with E-state index in [1.165, 1.54) is 23.7 Å². The summed E-state index contributed by atoms with van der Waals surface area (Å²) < 4.78 is 27.0. The summed E-state index contributed by atoms with van der Waals surface area (Å²) in [6.07, 6.45) is 0. The van der Waals surface area contributed by atoms with Crippen molar-refractivity contribution in [3.63, 3.8) is 0 Å². The molecule has 0 radical (unpaired) electrons. The van der Waals surface area contributed by atoms with Crippen LogP contribution in [0.2, 0.25) is 5.02 Å². The SMILES string of the molecule is Cn1c(=O)c2c(nc(NCc3ccc(S(N)(=O)=O)cc3)n2Cc2ccc(Cl)cc2)n(C)c1=O. The maximum absolute atomic E-state index is 13.0. The summed E-state index contributed by atoms with van der Waals surface area (Å²) in [5.74, 6) is 0.383. The van der Waals surface area contributed by atoms with Crippen LogP contribution in [0.3, 0.4) is 0 Å². The number of rotatable bonds is 6. The van der Waals surface area contributed by atoms with Gasteiger partial charge in [-0.2, -0.15) is 4.98 Å². The number of aryl methyl sites for hydroxylation is 1. The van der Waals surface area contributed by atoms with E-state index in [0.717, 1.165) is 15.7 Å². The summed E-state index contributed by atoms with van der Waals surface area (Å²) in [4.78, 5) is 29.9.